The summed E-state index contributed by atoms with van der Waals surface area (Å²) in [5.41, 5.74) is -0.0742. The molecule has 0 rings (SSSR count). The average Bonchev–Trinajstić information content (AvgIpc) is 2.27. The first kappa shape index (κ1) is 16.5. The molecule has 1 atom stereocenters. The van der Waals surface area contributed by atoms with Gasteiger partial charge in [0.1, 0.15) is 0 Å². The maximum absolute atomic E-state index is 11.3. The van der Waals surface area contributed by atoms with Crippen LogP contribution in [0, 0.1) is 11.3 Å². The van der Waals surface area contributed by atoms with Gasteiger partial charge in [0.05, 0.1) is 5.92 Å². The monoisotopic (exact) mass is 242 g/mol. The van der Waals surface area contributed by atoms with E-state index in [-0.39, 0.29) is 11.3 Å². The van der Waals surface area contributed by atoms with E-state index in [2.05, 4.69) is 27.7 Å². The molecule has 0 aromatic carbocycles. The third-order valence-corrected chi connectivity index (χ3v) is 4.00. The van der Waals surface area contributed by atoms with Crippen LogP contribution in [0.2, 0.25) is 0 Å². The van der Waals surface area contributed by atoms with Crippen molar-refractivity contribution in [2.45, 2.75) is 79.1 Å². The molecule has 0 spiro atoms. The number of rotatable bonds is 10. The molecule has 0 amide bonds. The Kier molecular flexibility index (Phi) is 8.28. The molecule has 0 aliphatic heterocycles. The molecule has 0 aliphatic rings. The van der Waals surface area contributed by atoms with Gasteiger partial charge in [-0.3, -0.25) is 4.79 Å². The van der Waals surface area contributed by atoms with Crippen LogP contribution in [0.15, 0.2) is 0 Å². The number of carboxylic acid groups (broad SMARTS) is 1. The van der Waals surface area contributed by atoms with Crippen LogP contribution in [-0.2, 0) is 4.79 Å². The van der Waals surface area contributed by atoms with E-state index in [1.165, 1.54) is 32.1 Å². The average molecular weight is 242 g/mol. The predicted octanol–water partition coefficient (Wildman–Crippen LogP) is 4.87. The molecule has 0 saturated carbocycles. The molecular weight excluding hydrogens is 212 g/mol. The Morgan fingerprint density at radius 3 is 2.06 bits per heavy atom. The summed E-state index contributed by atoms with van der Waals surface area (Å²) in [5.74, 6) is -0.802. The van der Waals surface area contributed by atoms with Crippen LogP contribution in [0.3, 0.4) is 0 Å². The van der Waals surface area contributed by atoms with Crippen LogP contribution in [-0.4, -0.2) is 11.1 Å². The minimum atomic E-state index is -0.620. The number of aliphatic carboxylic acids is 1. The van der Waals surface area contributed by atoms with Crippen molar-refractivity contribution in [3.63, 3.8) is 0 Å². The molecule has 0 heterocycles. The van der Waals surface area contributed by atoms with Crippen molar-refractivity contribution in [3.8, 4) is 0 Å². The Morgan fingerprint density at radius 2 is 1.59 bits per heavy atom. The molecular formula is C15H30O2. The van der Waals surface area contributed by atoms with Crippen molar-refractivity contribution in [2.24, 2.45) is 11.3 Å². The van der Waals surface area contributed by atoms with Crippen LogP contribution in [0.4, 0.5) is 0 Å². The van der Waals surface area contributed by atoms with Gasteiger partial charge < -0.3 is 5.11 Å². The summed E-state index contributed by atoms with van der Waals surface area (Å²) >= 11 is 0. The second kappa shape index (κ2) is 8.54. The molecule has 0 aliphatic carbocycles. The summed E-state index contributed by atoms with van der Waals surface area (Å²) in [5, 5.41) is 9.28. The fraction of sp³-hybridized carbons (Fsp3) is 0.933. The first-order valence-corrected chi connectivity index (χ1v) is 7.18. The van der Waals surface area contributed by atoms with Gasteiger partial charge in [-0.25, -0.2) is 0 Å². The lowest BCUT2D eigenvalue weighted by Crippen LogP contribution is -2.30. The van der Waals surface area contributed by atoms with Crippen LogP contribution < -0.4 is 0 Å². The van der Waals surface area contributed by atoms with E-state index in [4.69, 9.17) is 0 Å². The van der Waals surface area contributed by atoms with Crippen molar-refractivity contribution < 1.29 is 9.90 Å². The van der Waals surface area contributed by atoms with Gasteiger partial charge >= 0.3 is 5.97 Å². The van der Waals surface area contributed by atoms with Gasteiger partial charge in [0.15, 0.2) is 0 Å². The molecule has 0 aromatic heterocycles. The van der Waals surface area contributed by atoms with Gasteiger partial charge in [0.2, 0.25) is 0 Å². The van der Waals surface area contributed by atoms with Crippen LogP contribution in [0.25, 0.3) is 0 Å². The number of carbonyl (C=O) groups is 1. The normalized spacial score (nSPS) is 13.6. The van der Waals surface area contributed by atoms with Gasteiger partial charge in [-0.1, -0.05) is 72.6 Å². The van der Waals surface area contributed by atoms with E-state index < -0.39 is 5.97 Å². The fourth-order valence-corrected chi connectivity index (χ4v) is 2.22. The molecule has 0 radical (unpaired) electrons. The molecule has 0 aromatic rings. The van der Waals surface area contributed by atoms with Crippen molar-refractivity contribution >= 4 is 5.97 Å². The third-order valence-electron chi connectivity index (χ3n) is 4.00. The van der Waals surface area contributed by atoms with Crippen molar-refractivity contribution in [1.29, 1.82) is 0 Å². The Labute approximate surface area is 107 Å². The Bertz CT molecular complexity index is 209. The maximum Gasteiger partial charge on any atom is 0.307 e. The third kappa shape index (κ3) is 6.70. The van der Waals surface area contributed by atoms with Crippen LogP contribution >= 0.6 is 0 Å². The minimum Gasteiger partial charge on any atom is -0.481 e. The van der Waals surface area contributed by atoms with E-state index in [1.807, 2.05) is 0 Å². The van der Waals surface area contributed by atoms with Gasteiger partial charge in [-0.05, 0) is 11.8 Å². The summed E-state index contributed by atoms with van der Waals surface area (Å²) < 4.78 is 0. The number of carboxylic acids is 1. The molecule has 1 N–H and O–H groups in total. The van der Waals surface area contributed by atoms with Crippen molar-refractivity contribution in [1.82, 2.24) is 0 Å². The highest BCUT2D eigenvalue weighted by Crippen LogP contribution is 2.34. The zero-order valence-corrected chi connectivity index (χ0v) is 12.1. The van der Waals surface area contributed by atoms with Crippen LogP contribution in [0.5, 0.6) is 0 Å². The molecule has 0 bridgehead atoms. The van der Waals surface area contributed by atoms with E-state index >= 15 is 0 Å². The Balaban J connectivity index is 3.91. The molecule has 2 nitrogen and oxygen atoms in total. The topological polar surface area (TPSA) is 37.3 Å². The first-order chi connectivity index (χ1) is 7.95. The van der Waals surface area contributed by atoms with E-state index in [0.29, 0.717) is 0 Å². The summed E-state index contributed by atoms with van der Waals surface area (Å²) in [6.45, 7) is 8.44. The Hall–Kier alpha value is -0.530. The van der Waals surface area contributed by atoms with E-state index in [9.17, 15) is 9.90 Å². The Morgan fingerprint density at radius 1 is 1.06 bits per heavy atom. The summed E-state index contributed by atoms with van der Waals surface area (Å²) in [7, 11) is 0. The maximum atomic E-state index is 11.3. The standard InChI is InChI=1S/C15H30O2/c1-5-7-8-9-10-11-12-13(14(16)17)15(3,4)6-2/h13H,5-12H2,1-4H3,(H,16,17). The quantitative estimate of drug-likeness (QED) is 0.555. The van der Waals surface area contributed by atoms with Gasteiger partial charge in [-0.2, -0.15) is 0 Å². The molecule has 1 unspecified atom stereocenters. The molecule has 102 valence electrons. The zero-order valence-electron chi connectivity index (χ0n) is 12.1. The summed E-state index contributed by atoms with van der Waals surface area (Å²) in [6.07, 6.45) is 9.14. The molecule has 0 saturated heterocycles. The van der Waals surface area contributed by atoms with Crippen molar-refractivity contribution in [3.05, 3.63) is 0 Å². The smallest absolute Gasteiger partial charge is 0.307 e. The summed E-state index contributed by atoms with van der Waals surface area (Å²) in [4.78, 5) is 11.3. The highest BCUT2D eigenvalue weighted by Gasteiger charge is 2.32. The van der Waals surface area contributed by atoms with Gasteiger partial charge in [0.25, 0.3) is 0 Å². The lowest BCUT2D eigenvalue weighted by molar-refractivity contribution is -0.146. The van der Waals surface area contributed by atoms with Gasteiger partial charge in [-0.15, -0.1) is 0 Å². The molecule has 2 heteroatoms. The summed E-state index contributed by atoms with van der Waals surface area (Å²) in [6, 6.07) is 0. The highest BCUT2D eigenvalue weighted by molar-refractivity contribution is 5.70. The van der Waals surface area contributed by atoms with E-state index in [1.54, 1.807) is 0 Å². The first-order valence-electron chi connectivity index (χ1n) is 7.18. The van der Waals surface area contributed by atoms with Crippen molar-refractivity contribution in [2.75, 3.05) is 0 Å². The predicted molar refractivity (Wildman–Crippen MR) is 73.2 cm³/mol. The second-order valence-electron chi connectivity index (χ2n) is 5.79. The van der Waals surface area contributed by atoms with E-state index in [0.717, 1.165) is 19.3 Å². The highest BCUT2D eigenvalue weighted by atomic mass is 16.4. The zero-order chi connectivity index (χ0) is 13.3. The number of hydrogen-bond acceptors (Lipinski definition) is 1. The largest absolute Gasteiger partial charge is 0.481 e. The molecule has 17 heavy (non-hydrogen) atoms. The number of unbranched alkanes of at least 4 members (excludes halogenated alkanes) is 5. The number of hydrogen-bond donors (Lipinski definition) is 1. The lowest BCUT2D eigenvalue weighted by atomic mass is 9.74. The van der Waals surface area contributed by atoms with Gasteiger partial charge in [0, 0.05) is 0 Å². The minimum absolute atomic E-state index is 0.0742. The second-order valence-corrected chi connectivity index (χ2v) is 5.79. The SMILES string of the molecule is CCCCCCCCC(C(=O)O)C(C)(C)CC. The lowest BCUT2D eigenvalue weighted by Gasteiger charge is -2.30. The fourth-order valence-electron chi connectivity index (χ4n) is 2.22. The van der Waals surface area contributed by atoms with Crippen LogP contribution in [0.1, 0.15) is 79.1 Å². The molecule has 0 fully saturated rings.